The van der Waals surface area contributed by atoms with Crippen LogP contribution in [0.25, 0.3) is 11.4 Å². The summed E-state index contributed by atoms with van der Waals surface area (Å²) < 4.78 is 5.33. The van der Waals surface area contributed by atoms with Crippen molar-refractivity contribution in [2.45, 2.75) is 6.54 Å². The first-order valence-corrected chi connectivity index (χ1v) is 7.08. The molecule has 20 heavy (non-hydrogen) atoms. The summed E-state index contributed by atoms with van der Waals surface area (Å²) >= 11 is 5.87. The van der Waals surface area contributed by atoms with Crippen molar-refractivity contribution in [1.82, 2.24) is 19.9 Å². The van der Waals surface area contributed by atoms with Gasteiger partial charge in [-0.2, -0.15) is 4.98 Å². The maximum Gasteiger partial charge on any atom is 0.241 e. The Balaban J connectivity index is 1.66. The van der Waals surface area contributed by atoms with Crippen molar-refractivity contribution in [3.05, 3.63) is 35.2 Å². The predicted molar refractivity (Wildman–Crippen MR) is 77.5 cm³/mol. The first kappa shape index (κ1) is 13.5. The predicted octanol–water partition coefficient (Wildman–Crippen LogP) is 2.14. The molecule has 0 bridgehead atoms. The number of rotatable bonds is 3. The molecule has 0 unspecified atom stereocenters. The summed E-state index contributed by atoms with van der Waals surface area (Å²) in [6, 6.07) is 7.44. The van der Waals surface area contributed by atoms with Crippen LogP contribution in [0.3, 0.4) is 0 Å². The van der Waals surface area contributed by atoms with E-state index < -0.39 is 0 Å². The average molecular weight is 293 g/mol. The van der Waals surface area contributed by atoms with Crippen molar-refractivity contribution in [2.75, 3.05) is 33.2 Å². The molecule has 0 N–H and O–H groups in total. The van der Waals surface area contributed by atoms with Gasteiger partial charge in [0.2, 0.25) is 11.7 Å². The molecule has 0 saturated carbocycles. The van der Waals surface area contributed by atoms with E-state index in [-0.39, 0.29) is 0 Å². The van der Waals surface area contributed by atoms with Crippen LogP contribution in [0.15, 0.2) is 28.8 Å². The van der Waals surface area contributed by atoms with Crippen LogP contribution in [0.1, 0.15) is 5.89 Å². The molecule has 0 spiro atoms. The van der Waals surface area contributed by atoms with E-state index >= 15 is 0 Å². The van der Waals surface area contributed by atoms with E-state index in [0.29, 0.717) is 23.3 Å². The molecular formula is C14H17ClN4O. The summed E-state index contributed by atoms with van der Waals surface area (Å²) in [6.45, 7) is 4.95. The first-order chi connectivity index (χ1) is 9.70. The van der Waals surface area contributed by atoms with E-state index in [2.05, 4.69) is 27.0 Å². The Labute approximate surface area is 123 Å². The van der Waals surface area contributed by atoms with Crippen molar-refractivity contribution in [3.8, 4) is 11.4 Å². The van der Waals surface area contributed by atoms with Gasteiger partial charge in [-0.05, 0) is 31.3 Å². The van der Waals surface area contributed by atoms with Gasteiger partial charge < -0.3 is 9.42 Å². The zero-order valence-electron chi connectivity index (χ0n) is 11.4. The third-order valence-electron chi connectivity index (χ3n) is 3.53. The van der Waals surface area contributed by atoms with Crippen LogP contribution < -0.4 is 0 Å². The molecule has 6 heteroatoms. The Morgan fingerprint density at radius 2 is 1.85 bits per heavy atom. The van der Waals surface area contributed by atoms with E-state index in [9.17, 15) is 0 Å². The van der Waals surface area contributed by atoms with Crippen LogP contribution in [0.4, 0.5) is 0 Å². The zero-order chi connectivity index (χ0) is 13.9. The highest BCUT2D eigenvalue weighted by Crippen LogP contribution is 2.19. The average Bonchev–Trinajstić information content (AvgIpc) is 2.91. The minimum absolute atomic E-state index is 0.616. The lowest BCUT2D eigenvalue weighted by Crippen LogP contribution is -2.43. The molecule has 1 fully saturated rings. The fraction of sp³-hybridized carbons (Fsp3) is 0.429. The molecule has 106 valence electrons. The SMILES string of the molecule is CN1CCN(Cc2nc(-c3ccc(Cl)cc3)no2)CC1. The van der Waals surface area contributed by atoms with Gasteiger partial charge in [-0.25, -0.2) is 0 Å². The molecule has 1 saturated heterocycles. The van der Waals surface area contributed by atoms with Crippen molar-refractivity contribution in [3.63, 3.8) is 0 Å². The van der Waals surface area contributed by atoms with Crippen LogP contribution in [0.2, 0.25) is 5.02 Å². The molecule has 2 aromatic rings. The smallest absolute Gasteiger partial charge is 0.241 e. The quantitative estimate of drug-likeness (QED) is 0.867. The van der Waals surface area contributed by atoms with E-state index in [4.69, 9.17) is 16.1 Å². The molecule has 3 rings (SSSR count). The fourth-order valence-corrected chi connectivity index (χ4v) is 2.36. The highest BCUT2D eigenvalue weighted by atomic mass is 35.5. The molecule has 5 nitrogen and oxygen atoms in total. The molecule has 0 atom stereocenters. The normalized spacial score (nSPS) is 17.5. The molecular weight excluding hydrogens is 276 g/mol. The summed E-state index contributed by atoms with van der Waals surface area (Å²) in [4.78, 5) is 9.10. The molecule has 0 aliphatic carbocycles. The molecule has 2 heterocycles. The number of piperazine rings is 1. The van der Waals surface area contributed by atoms with E-state index in [1.165, 1.54) is 0 Å². The van der Waals surface area contributed by atoms with Gasteiger partial charge in [-0.3, -0.25) is 4.90 Å². The van der Waals surface area contributed by atoms with Gasteiger partial charge in [0.1, 0.15) is 0 Å². The van der Waals surface area contributed by atoms with Crippen LogP contribution in [0, 0.1) is 0 Å². The van der Waals surface area contributed by atoms with Crippen LogP contribution in [-0.4, -0.2) is 53.2 Å². The van der Waals surface area contributed by atoms with Crippen LogP contribution in [-0.2, 0) is 6.54 Å². The number of hydrogen-bond donors (Lipinski definition) is 0. The Hall–Kier alpha value is -1.43. The van der Waals surface area contributed by atoms with E-state index in [0.717, 1.165) is 31.7 Å². The second kappa shape index (κ2) is 5.91. The van der Waals surface area contributed by atoms with Gasteiger partial charge in [-0.15, -0.1) is 0 Å². The lowest BCUT2D eigenvalue weighted by Gasteiger charge is -2.31. The minimum Gasteiger partial charge on any atom is -0.338 e. The van der Waals surface area contributed by atoms with Gasteiger partial charge in [-0.1, -0.05) is 16.8 Å². The zero-order valence-corrected chi connectivity index (χ0v) is 12.2. The third kappa shape index (κ3) is 3.17. The lowest BCUT2D eigenvalue weighted by atomic mass is 10.2. The number of benzene rings is 1. The topological polar surface area (TPSA) is 45.4 Å². The second-order valence-electron chi connectivity index (χ2n) is 5.10. The highest BCUT2D eigenvalue weighted by Gasteiger charge is 2.17. The lowest BCUT2D eigenvalue weighted by molar-refractivity contribution is 0.135. The number of aromatic nitrogens is 2. The summed E-state index contributed by atoms with van der Waals surface area (Å²) in [7, 11) is 2.14. The summed E-state index contributed by atoms with van der Waals surface area (Å²) in [5.41, 5.74) is 0.919. The van der Waals surface area contributed by atoms with Crippen molar-refractivity contribution in [1.29, 1.82) is 0 Å². The molecule has 0 radical (unpaired) electrons. The molecule has 1 aliphatic heterocycles. The largest absolute Gasteiger partial charge is 0.338 e. The molecule has 1 aromatic heterocycles. The summed E-state index contributed by atoms with van der Waals surface area (Å²) in [5.74, 6) is 1.28. The number of likely N-dealkylation sites (N-methyl/N-ethyl adjacent to an activating group) is 1. The van der Waals surface area contributed by atoms with Gasteiger partial charge in [0, 0.05) is 36.8 Å². The Kier molecular flexibility index (Phi) is 4.00. The highest BCUT2D eigenvalue weighted by molar-refractivity contribution is 6.30. The maximum atomic E-state index is 5.87. The fourth-order valence-electron chi connectivity index (χ4n) is 2.23. The number of nitrogens with zero attached hydrogens (tertiary/aromatic N) is 4. The third-order valence-corrected chi connectivity index (χ3v) is 3.78. The monoisotopic (exact) mass is 292 g/mol. The summed E-state index contributed by atoms with van der Waals surface area (Å²) in [6.07, 6.45) is 0. The Morgan fingerprint density at radius 3 is 2.55 bits per heavy atom. The van der Waals surface area contributed by atoms with Gasteiger partial charge in [0.25, 0.3) is 0 Å². The van der Waals surface area contributed by atoms with Gasteiger partial charge in [0.05, 0.1) is 6.54 Å². The first-order valence-electron chi connectivity index (χ1n) is 6.70. The Bertz CT molecular complexity index is 561. The number of halogens is 1. The molecule has 0 amide bonds. The number of hydrogen-bond acceptors (Lipinski definition) is 5. The maximum absolute atomic E-state index is 5.87. The van der Waals surface area contributed by atoms with Gasteiger partial charge in [0.15, 0.2) is 0 Å². The van der Waals surface area contributed by atoms with Crippen LogP contribution >= 0.6 is 11.6 Å². The molecule has 1 aromatic carbocycles. The van der Waals surface area contributed by atoms with Crippen LogP contribution in [0.5, 0.6) is 0 Å². The van der Waals surface area contributed by atoms with Crippen molar-refractivity contribution in [2.24, 2.45) is 0 Å². The Morgan fingerprint density at radius 1 is 1.15 bits per heavy atom. The van der Waals surface area contributed by atoms with Crippen molar-refractivity contribution >= 4 is 11.6 Å². The molecule has 1 aliphatic rings. The van der Waals surface area contributed by atoms with E-state index in [1.807, 2.05) is 24.3 Å². The van der Waals surface area contributed by atoms with Crippen molar-refractivity contribution < 1.29 is 4.52 Å². The minimum atomic E-state index is 0.616. The standard InChI is InChI=1S/C14H17ClN4O/c1-18-6-8-19(9-7-18)10-13-16-14(17-20-13)11-2-4-12(15)5-3-11/h2-5H,6-10H2,1H3. The van der Waals surface area contributed by atoms with Gasteiger partial charge >= 0.3 is 0 Å². The second-order valence-corrected chi connectivity index (χ2v) is 5.53. The van der Waals surface area contributed by atoms with E-state index in [1.54, 1.807) is 0 Å². The summed E-state index contributed by atoms with van der Waals surface area (Å²) in [5, 5.41) is 4.73.